The van der Waals surface area contributed by atoms with E-state index in [0.29, 0.717) is 12.8 Å². The van der Waals surface area contributed by atoms with Gasteiger partial charge < -0.3 is 31.3 Å². The highest BCUT2D eigenvalue weighted by Crippen LogP contribution is 2.08. The van der Waals surface area contributed by atoms with Gasteiger partial charge >= 0.3 is 7.12 Å². The normalized spacial score (nSPS) is 13.6. The molecule has 6 N–H and O–H groups in total. The van der Waals surface area contributed by atoms with Crippen LogP contribution < -0.4 is 21.3 Å². The van der Waals surface area contributed by atoms with Crippen LogP contribution in [0.15, 0.2) is 42.0 Å². The molecule has 0 heterocycles. The van der Waals surface area contributed by atoms with E-state index in [4.69, 9.17) is 0 Å². The van der Waals surface area contributed by atoms with Gasteiger partial charge in [-0.2, -0.15) is 5.26 Å². The average molecular weight is 555 g/mol. The first-order valence-electron chi connectivity index (χ1n) is 13.6. The van der Waals surface area contributed by atoms with Crippen molar-refractivity contribution < 1.29 is 29.2 Å². The number of carbonyl (C=O) groups is 4. The first-order valence-corrected chi connectivity index (χ1v) is 13.6. The molecule has 0 fully saturated rings. The number of rotatable bonds is 16. The van der Waals surface area contributed by atoms with Crippen LogP contribution in [-0.4, -0.2) is 65.4 Å². The van der Waals surface area contributed by atoms with Crippen LogP contribution in [0, 0.1) is 23.2 Å². The van der Waals surface area contributed by atoms with Crippen LogP contribution >= 0.6 is 0 Å². The molecule has 0 bridgehead atoms. The molecule has 4 amide bonds. The number of nitrogens with zero attached hydrogens (tertiary/aromatic N) is 1. The summed E-state index contributed by atoms with van der Waals surface area (Å²) in [6, 6.07) is 8.95. The van der Waals surface area contributed by atoms with Gasteiger partial charge in [0.05, 0.1) is 5.94 Å². The lowest BCUT2D eigenvalue weighted by atomic mass is 9.75. The molecule has 3 atom stereocenters. The van der Waals surface area contributed by atoms with E-state index >= 15 is 0 Å². The van der Waals surface area contributed by atoms with Gasteiger partial charge in [0, 0.05) is 12.5 Å². The molecule has 1 rings (SSSR count). The van der Waals surface area contributed by atoms with Gasteiger partial charge in [0.25, 0.3) is 5.91 Å². The average Bonchev–Trinajstić information content (AvgIpc) is 2.90. The van der Waals surface area contributed by atoms with Gasteiger partial charge in [-0.15, -0.1) is 0 Å². The summed E-state index contributed by atoms with van der Waals surface area (Å²) in [5.41, 5.74) is 0.814. The lowest BCUT2D eigenvalue weighted by Crippen LogP contribution is -2.57. The smallest absolute Gasteiger partial charge is 0.426 e. The number of hydrogen-bond donors (Lipinski definition) is 6. The Morgan fingerprint density at radius 2 is 1.57 bits per heavy atom. The zero-order chi connectivity index (χ0) is 30.2. The van der Waals surface area contributed by atoms with Crippen molar-refractivity contribution in [3.8, 4) is 6.07 Å². The third kappa shape index (κ3) is 12.9. The van der Waals surface area contributed by atoms with Crippen molar-refractivity contribution in [1.29, 1.82) is 5.26 Å². The standard InChI is InChI=1S/C28H42BN5O6/c1-18(2)15-22(17-30)27(37)31-14-10-9-13-23(33-26(36)20(5)32-25(35)19(3)4)28(38)34-24(29(39)40)16-21-11-7-6-8-12-21/h6-8,11-12,15,18-20,23-24,39-40H,9-10,13-14,16H2,1-5H3,(H,31,37)(H,32,35)(H,33,36)(H,34,38). The number of hydrogen-bond acceptors (Lipinski definition) is 7. The largest absolute Gasteiger partial charge is 0.475 e. The number of unbranched alkanes of at least 4 members (excludes halogenated alkanes) is 1. The van der Waals surface area contributed by atoms with Crippen molar-refractivity contribution in [3.05, 3.63) is 47.5 Å². The molecule has 0 aliphatic heterocycles. The summed E-state index contributed by atoms with van der Waals surface area (Å²) in [5, 5.41) is 39.5. The topological polar surface area (TPSA) is 181 Å². The fourth-order valence-electron chi connectivity index (χ4n) is 3.66. The minimum absolute atomic E-state index is 0.0315. The maximum atomic E-state index is 13.2. The zero-order valence-electron chi connectivity index (χ0n) is 23.9. The van der Waals surface area contributed by atoms with Crippen LogP contribution in [0.5, 0.6) is 0 Å². The summed E-state index contributed by atoms with van der Waals surface area (Å²) in [7, 11) is -1.84. The zero-order valence-corrected chi connectivity index (χ0v) is 23.9. The summed E-state index contributed by atoms with van der Waals surface area (Å²) < 4.78 is 0. The third-order valence-electron chi connectivity index (χ3n) is 5.97. The Kier molecular flexibility index (Phi) is 15.3. The van der Waals surface area contributed by atoms with Gasteiger partial charge in [0.1, 0.15) is 23.7 Å². The van der Waals surface area contributed by atoms with Gasteiger partial charge in [-0.1, -0.05) is 64.1 Å². The number of carbonyl (C=O) groups excluding carboxylic acids is 4. The molecule has 0 saturated heterocycles. The maximum Gasteiger partial charge on any atom is 0.475 e. The number of amides is 4. The highest BCUT2D eigenvalue weighted by Gasteiger charge is 2.30. The van der Waals surface area contributed by atoms with Gasteiger partial charge in [-0.05, 0) is 44.1 Å². The van der Waals surface area contributed by atoms with Gasteiger partial charge in [-0.3, -0.25) is 19.2 Å². The van der Waals surface area contributed by atoms with Crippen molar-refractivity contribution in [2.75, 3.05) is 6.54 Å². The minimum Gasteiger partial charge on any atom is -0.426 e. The predicted octanol–water partition coefficient (Wildman–Crippen LogP) is 0.764. The first-order chi connectivity index (χ1) is 18.8. The van der Waals surface area contributed by atoms with Gasteiger partial charge in [-0.25, -0.2) is 0 Å². The molecule has 11 nitrogen and oxygen atoms in total. The molecule has 3 unspecified atom stereocenters. The summed E-state index contributed by atoms with van der Waals surface area (Å²) in [4.78, 5) is 50.2. The molecule has 40 heavy (non-hydrogen) atoms. The Bertz CT molecular complexity index is 1060. The Balaban J connectivity index is 2.87. The molecular weight excluding hydrogens is 513 g/mol. The van der Waals surface area contributed by atoms with Crippen LogP contribution in [-0.2, 0) is 25.6 Å². The first kappa shape index (κ1) is 34.3. The van der Waals surface area contributed by atoms with E-state index in [2.05, 4.69) is 21.3 Å². The fraction of sp³-hybridized carbons (Fsp3) is 0.536. The Morgan fingerprint density at radius 3 is 2.12 bits per heavy atom. The van der Waals surface area contributed by atoms with E-state index in [1.807, 2.05) is 26.0 Å². The molecule has 218 valence electrons. The van der Waals surface area contributed by atoms with Crippen molar-refractivity contribution in [2.24, 2.45) is 11.8 Å². The summed E-state index contributed by atoms with van der Waals surface area (Å²) in [5.74, 6) is -3.28. The molecule has 0 saturated carbocycles. The Hall–Kier alpha value is -3.69. The highest BCUT2D eigenvalue weighted by atomic mass is 16.4. The van der Waals surface area contributed by atoms with Crippen molar-refractivity contribution in [2.45, 2.75) is 78.3 Å². The number of nitrogens with one attached hydrogen (secondary N) is 4. The summed E-state index contributed by atoms with van der Waals surface area (Å²) in [6.45, 7) is 8.87. The SMILES string of the molecule is CC(C)C=C(C#N)C(=O)NCCCCC(NC(=O)C(C)NC(=O)C(C)C)C(=O)NC(Cc1ccccc1)B(O)O. The number of allylic oxidation sites excluding steroid dienone is 1. The van der Waals surface area contributed by atoms with Crippen molar-refractivity contribution >= 4 is 30.7 Å². The van der Waals surface area contributed by atoms with E-state index in [9.17, 15) is 34.5 Å². The fourth-order valence-corrected chi connectivity index (χ4v) is 3.66. The molecule has 0 radical (unpaired) electrons. The van der Waals surface area contributed by atoms with Crippen molar-refractivity contribution in [3.63, 3.8) is 0 Å². The second-order valence-corrected chi connectivity index (χ2v) is 10.4. The second kappa shape index (κ2) is 17.8. The maximum absolute atomic E-state index is 13.2. The number of benzene rings is 1. The molecular formula is C28H42BN5O6. The van der Waals surface area contributed by atoms with E-state index in [1.54, 1.807) is 44.2 Å². The van der Waals surface area contributed by atoms with Gasteiger partial charge in [0.2, 0.25) is 17.7 Å². The van der Waals surface area contributed by atoms with E-state index < -0.39 is 42.9 Å². The molecule has 0 aromatic heterocycles. The Morgan fingerprint density at radius 1 is 0.925 bits per heavy atom. The molecule has 0 aliphatic carbocycles. The molecule has 0 aliphatic rings. The third-order valence-corrected chi connectivity index (χ3v) is 5.97. The lowest BCUT2D eigenvalue weighted by Gasteiger charge is -2.25. The molecule has 1 aromatic rings. The lowest BCUT2D eigenvalue weighted by molar-refractivity contribution is -0.132. The van der Waals surface area contributed by atoms with E-state index in [0.717, 1.165) is 5.56 Å². The predicted molar refractivity (Wildman–Crippen MR) is 152 cm³/mol. The second-order valence-electron chi connectivity index (χ2n) is 10.4. The van der Waals surface area contributed by atoms with Crippen LogP contribution in [0.25, 0.3) is 0 Å². The van der Waals surface area contributed by atoms with Crippen molar-refractivity contribution in [1.82, 2.24) is 21.3 Å². The van der Waals surface area contributed by atoms with Gasteiger partial charge in [0.15, 0.2) is 0 Å². The van der Waals surface area contributed by atoms with Crippen LogP contribution in [0.1, 0.15) is 59.4 Å². The van der Waals surface area contributed by atoms with Crippen LogP contribution in [0.2, 0.25) is 0 Å². The molecule has 0 spiro atoms. The summed E-state index contributed by atoms with van der Waals surface area (Å²) in [6.07, 6.45) is 2.80. The number of nitriles is 1. The van der Waals surface area contributed by atoms with E-state index in [-0.39, 0.29) is 42.7 Å². The van der Waals surface area contributed by atoms with Crippen LogP contribution in [0.3, 0.4) is 0 Å². The minimum atomic E-state index is -1.84. The highest BCUT2D eigenvalue weighted by molar-refractivity contribution is 6.43. The monoisotopic (exact) mass is 555 g/mol. The quantitative estimate of drug-likeness (QED) is 0.0754. The van der Waals surface area contributed by atoms with Crippen LogP contribution in [0.4, 0.5) is 0 Å². The Labute approximate surface area is 236 Å². The van der Waals surface area contributed by atoms with E-state index in [1.165, 1.54) is 6.92 Å². The molecule has 12 heteroatoms. The summed E-state index contributed by atoms with van der Waals surface area (Å²) >= 11 is 0. The molecule has 1 aromatic carbocycles.